The topological polar surface area (TPSA) is 43.4 Å². The lowest BCUT2D eigenvalue weighted by atomic mass is 10.2. The fraction of sp³-hybridized carbons (Fsp3) is 0.667. The second-order valence-corrected chi connectivity index (χ2v) is 5.23. The van der Waals surface area contributed by atoms with Gasteiger partial charge in [-0.2, -0.15) is 0 Å². The Hall–Kier alpha value is -1.13. The average molecular weight is 264 g/mol. The van der Waals surface area contributed by atoms with Gasteiger partial charge in [0.1, 0.15) is 0 Å². The minimum absolute atomic E-state index is 0.153. The van der Waals surface area contributed by atoms with Gasteiger partial charge in [0.15, 0.2) is 0 Å². The van der Waals surface area contributed by atoms with Crippen molar-refractivity contribution in [3.63, 3.8) is 0 Å². The van der Waals surface area contributed by atoms with E-state index in [1.54, 1.807) is 6.20 Å². The lowest BCUT2D eigenvalue weighted by molar-refractivity contribution is 0.104. The van der Waals surface area contributed by atoms with E-state index >= 15 is 0 Å². The van der Waals surface area contributed by atoms with Gasteiger partial charge in [0.2, 0.25) is 5.88 Å². The Balaban J connectivity index is 1.75. The van der Waals surface area contributed by atoms with Gasteiger partial charge in [0, 0.05) is 24.9 Å². The first kappa shape index (κ1) is 14.3. The molecular weight excluding hydrogens is 240 g/mol. The van der Waals surface area contributed by atoms with Crippen LogP contribution in [-0.2, 0) is 11.3 Å². The van der Waals surface area contributed by atoms with Crippen molar-refractivity contribution in [2.75, 3.05) is 13.2 Å². The summed E-state index contributed by atoms with van der Waals surface area (Å²) in [6.07, 6.45) is 5.87. The number of pyridine rings is 1. The molecule has 0 radical (unpaired) electrons. The summed E-state index contributed by atoms with van der Waals surface area (Å²) in [6, 6.07) is 4.01. The Labute approximate surface area is 115 Å². The third-order valence-electron chi connectivity index (χ3n) is 3.18. The molecule has 4 heteroatoms. The smallest absolute Gasteiger partial charge is 0.218 e. The maximum Gasteiger partial charge on any atom is 0.218 e. The monoisotopic (exact) mass is 264 g/mol. The van der Waals surface area contributed by atoms with Gasteiger partial charge in [-0.25, -0.2) is 4.98 Å². The number of nitrogens with zero attached hydrogens (tertiary/aromatic N) is 1. The fourth-order valence-electron chi connectivity index (χ4n) is 2.25. The molecule has 1 unspecified atom stereocenters. The first-order valence-electron chi connectivity index (χ1n) is 7.18. The highest BCUT2D eigenvalue weighted by molar-refractivity contribution is 5.25. The minimum Gasteiger partial charge on any atom is -0.475 e. The number of hydrogen-bond acceptors (Lipinski definition) is 4. The Kier molecular flexibility index (Phi) is 5.61. The van der Waals surface area contributed by atoms with Crippen LogP contribution in [-0.4, -0.2) is 30.3 Å². The second-order valence-electron chi connectivity index (χ2n) is 5.23. The molecule has 0 aliphatic carbocycles. The van der Waals surface area contributed by atoms with Crippen LogP contribution in [0.2, 0.25) is 0 Å². The van der Waals surface area contributed by atoms with Gasteiger partial charge >= 0.3 is 0 Å². The first-order valence-corrected chi connectivity index (χ1v) is 7.18. The predicted octanol–water partition coefficient (Wildman–Crippen LogP) is 2.53. The molecule has 1 aliphatic rings. The molecule has 0 aromatic carbocycles. The third-order valence-corrected chi connectivity index (χ3v) is 3.18. The molecule has 106 valence electrons. The highest BCUT2D eigenvalue weighted by Gasteiger charge is 2.14. The highest BCUT2D eigenvalue weighted by atomic mass is 16.5. The van der Waals surface area contributed by atoms with Crippen LogP contribution in [0.3, 0.4) is 0 Å². The van der Waals surface area contributed by atoms with Gasteiger partial charge < -0.3 is 14.8 Å². The second kappa shape index (κ2) is 7.46. The van der Waals surface area contributed by atoms with Gasteiger partial charge in [0.25, 0.3) is 0 Å². The van der Waals surface area contributed by atoms with E-state index in [4.69, 9.17) is 9.47 Å². The van der Waals surface area contributed by atoms with Crippen molar-refractivity contribution in [3.05, 3.63) is 23.9 Å². The fourth-order valence-corrected chi connectivity index (χ4v) is 2.25. The van der Waals surface area contributed by atoms with Crippen LogP contribution in [0.4, 0.5) is 0 Å². The zero-order valence-electron chi connectivity index (χ0n) is 11.9. The zero-order chi connectivity index (χ0) is 13.5. The van der Waals surface area contributed by atoms with Crippen molar-refractivity contribution in [1.29, 1.82) is 0 Å². The van der Waals surface area contributed by atoms with Crippen LogP contribution in [0.25, 0.3) is 0 Å². The summed E-state index contributed by atoms with van der Waals surface area (Å²) in [6.45, 7) is 6.73. The Morgan fingerprint density at radius 1 is 1.53 bits per heavy atom. The summed E-state index contributed by atoms with van der Waals surface area (Å²) in [4.78, 5) is 4.29. The molecule has 0 amide bonds. The van der Waals surface area contributed by atoms with Crippen LogP contribution in [0, 0.1) is 0 Å². The summed E-state index contributed by atoms with van der Waals surface area (Å²) in [5.41, 5.74) is 1.11. The quantitative estimate of drug-likeness (QED) is 0.769. The first-order chi connectivity index (χ1) is 9.25. The van der Waals surface area contributed by atoms with E-state index in [9.17, 15) is 0 Å². The van der Waals surface area contributed by atoms with Crippen LogP contribution in [0.5, 0.6) is 5.88 Å². The molecule has 0 spiro atoms. The number of ether oxygens (including phenoxy) is 2. The molecule has 2 heterocycles. The summed E-state index contributed by atoms with van der Waals surface area (Å²) in [5, 5.41) is 3.44. The van der Waals surface area contributed by atoms with Crippen molar-refractivity contribution >= 4 is 0 Å². The van der Waals surface area contributed by atoms with Crippen molar-refractivity contribution in [1.82, 2.24) is 10.3 Å². The van der Waals surface area contributed by atoms with E-state index in [0.29, 0.717) is 6.10 Å². The van der Waals surface area contributed by atoms with E-state index < -0.39 is 0 Å². The van der Waals surface area contributed by atoms with Gasteiger partial charge in [-0.3, -0.25) is 0 Å². The van der Waals surface area contributed by atoms with E-state index in [1.807, 2.05) is 19.9 Å². The molecule has 1 fully saturated rings. The van der Waals surface area contributed by atoms with Crippen molar-refractivity contribution in [2.24, 2.45) is 0 Å². The van der Waals surface area contributed by atoms with E-state index in [0.717, 1.165) is 37.6 Å². The van der Waals surface area contributed by atoms with Gasteiger partial charge in [-0.15, -0.1) is 0 Å². The summed E-state index contributed by atoms with van der Waals surface area (Å²) in [5.74, 6) is 0.738. The highest BCUT2D eigenvalue weighted by Crippen LogP contribution is 2.16. The number of hydrogen-bond donors (Lipinski definition) is 1. The average Bonchev–Trinajstić information content (AvgIpc) is 2.89. The standard InChI is InChI=1S/C15H24N2O2/c1-12(2)19-15-13(5-3-8-17-15)11-16-9-7-14-6-4-10-18-14/h3,5,8,12,14,16H,4,6-7,9-11H2,1-2H3. The lowest BCUT2D eigenvalue weighted by Crippen LogP contribution is -2.20. The molecule has 1 aromatic rings. The van der Waals surface area contributed by atoms with Crippen LogP contribution in [0.1, 0.15) is 38.7 Å². The van der Waals surface area contributed by atoms with Crippen LogP contribution >= 0.6 is 0 Å². The molecule has 0 bridgehead atoms. The van der Waals surface area contributed by atoms with Crippen molar-refractivity contribution in [2.45, 2.75) is 51.9 Å². The molecule has 1 aliphatic heterocycles. The Bertz CT molecular complexity index is 376. The minimum atomic E-state index is 0.153. The Morgan fingerprint density at radius 2 is 2.42 bits per heavy atom. The van der Waals surface area contributed by atoms with E-state index in [2.05, 4.69) is 16.4 Å². The predicted molar refractivity (Wildman–Crippen MR) is 75.3 cm³/mol. The van der Waals surface area contributed by atoms with E-state index in [-0.39, 0.29) is 6.10 Å². The molecule has 1 N–H and O–H groups in total. The maximum atomic E-state index is 5.70. The molecule has 4 nitrogen and oxygen atoms in total. The normalized spacial score (nSPS) is 19.0. The molecule has 1 atom stereocenters. The van der Waals surface area contributed by atoms with Crippen LogP contribution < -0.4 is 10.1 Å². The number of aromatic nitrogens is 1. The SMILES string of the molecule is CC(C)Oc1ncccc1CNCCC1CCCO1. The molecule has 0 saturated carbocycles. The summed E-state index contributed by atoms with van der Waals surface area (Å²) >= 11 is 0. The molecule has 1 aromatic heterocycles. The third kappa shape index (κ3) is 4.80. The van der Waals surface area contributed by atoms with E-state index in [1.165, 1.54) is 12.8 Å². The van der Waals surface area contributed by atoms with Crippen LogP contribution in [0.15, 0.2) is 18.3 Å². The van der Waals surface area contributed by atoms with Gasteiger partial charge in [-0.05, 0) is 45.7 Å². The molecule has 19 heavy (non-hydrogen) atoms. The van der Waals surface area contributed by atoms with Crippen molar-refractivity contribution in [3.8, 4) is 5.88 Å². The molecular formula is C15H24N2O2. The summed E-state index contributed by atoms with van der Waals surface area (Å²) < 4.78 is 11.3. The zero-order valence-corrected chi connectivity index (χ0v) is 11.9. The number of nitrogens with one attached hydrogen (secondary N) is 1. The summed E-state index contributed by atoms with van der Waals surface area (Å²) in [7, 11) is 0. The molecule has 1 saturated heterocycles. The largest absolute Gasteiger partial charge is 0.475 e. The van der Waals surface area contributed by atoms with Gasteiger partial charge in [0.05, 0.1) is 12.2 Å². The van der Waals surface area contributed by atoms with Gasteiger partial charge in [-0.1, -0.05) is 6.07 Å². The molecule has 2 rings (SSSR count). The Morgan fingerprint density at radius 3 is 3.16 bits per heavy atom. The lowest BCUT2D eigenvalue weighted by Gasteiger charge is -2.14. The number of rotatable bonds is 7. The van der Waals surface area contributed by atoms with Crippen molar-refractivity contribution < 1.29 is 9.47 Å². The maximum absolute atomic E-state index is 5.70.